The Kier molecular flexibility index (Phi) is 4.90. The minimum atomic E-state index is -4.46. The van der Waals surface area contributed by atoms with Crippen LogP contribution >= 0.6 is 0 Å². The summed E-state index contributed by atoms with van der Waals surface area (Å²) in [6.07, 6.45) is -4.46. The molecule has 7 nitrogen and oxygen atoms in total. The van der Waals surface area contributed by atoms with Crippen molar-refractivity contribution in [3.05, 3.63) is 46.8 Å². The second kappa shape index (κ2) is 7.01. The lowest BCUT2D eigenvalue weighted by atomic mass is 10.0. The first-order valence-corrected chi connectivity index (χ1v) is 8.35. The average molecular weight is 381 g/mol. The summed E-state index contributed by atoms with van der Waals surface area (Å²) in [4.78, 5) is 24.7. The molecule has 1 atom stereocenters. The fraction of sp³-hybridized carbons (Fsp3) is 0.412. The minimum absolute atomic E-state index is 0.0495. The van der Waals surface area contributed by atoms with Gasteiger partial charge >= 0.3 is 6.18 Å². The lowest BCUT2D eigenvalue weighted by Crippen LogP contribution is -2.48. The van der Waals surface area contributed by atoms with Gasteiger partial charge in [0.15, 0.2) is 11.4 Å². The number of nitrogens with zero attached hydrogens (tertiary/aromatic N) is 3. The highest BCUT2D eigenvalue weighted by atomic mass is 19.4. The lowest BCUT2D eigenvalue weighted by Gasteiger charge is -2.27. The molecule has 0 unspecified atom stereocenters. The molecule has 1 aliphatic heterocycles. The van der Waals surface area contributed by atoms with Crippen molar-refractivity contribution in [1.29, 1.82) is 0 Å². The Morgan fingerprint density at radius 2 is 2.15 bits per heavy atom. The van der Waals surface area contributed by atoms with Crippen LogP contribution in [0.15, 0.2) is 24.3 Å². The second-order valence-corrected chi connectivity index (χ2v) is 6.67. The standard InChI is InChI=1S/C17H18F3N5O2/c1-9(2)12-8-25-14(16(27)22-12)13(23-24-25)15(26)21-7-10-4-3-5-11(6-10)17(18,19)20/h3-6,9,12H,7-8H2,1-2H3,(H,21,26)(H,22,27)/t12-/m1/s1. The van der Waals surface area contributed by atoms with Gasteiger partial charge in [0.1, 0.15) is 0 Å². The minimum Gasteiger partial charge on any atom is -0.346 e. The molecule has 2 N–H and O–H groups in total. The molecule has 0 bridgehead atoms. The summed E-state index contributed by atoms with van der Waals surface area (Å²) >= 11 is 0. The first-order chi connectivity index (χ1) is 12.7. The van der Waals surface area contributed by atoms with Gasteiger partial charge in [0, 0.05) is 6.54 Å². The maximum atomic E-state index is 12.8. The number of halogens is 3. The highest BCUT2D eigenvalue weighted by Gasteiger charge is 2.33. The van der Waals surface area contributed by atoms with Crippen molar-refractivity contribution >= 4 is 11.8 Å². The number of carbonyl (C=O) groups excluding carboxylic acids is 2. The highest BCUT2D eigenvalue weighted by Crippen LogP contribution is 2.29. The number of aromatic nitrogens is 3. The van der Waals surface area contributed by atoms with Crippen LogP contribution in [0.5, 0.6) is 0 Å². The van der Waals surface area contributed by atoms with E-state index in [0.29, 0.717) is 6.54 Å². The van der Waals surface area contributed by atoms with Gasteiger partial charge < -0.3 is 10.6 Å². The molecule has 0 spiro atoms. The largest absolute Gasteiger partial charge is 0.416 e. The molecule has 2 heterocycles. The van der Waals surface area contributed by atoms with Crippen LogP contribution in [0.4, 0.5) is 13.2 Å². The third-order valence-electron chi connectivity index (χ3n) is 4.36. The van der Waals surface area contributed by atoms with Gasteiger partial charge in [-0.15, -0.1) is 5.10 Å². The van der Waals surface area contributed by atoms with Gasteiger partial charge in [0.2, 0.25) is 0 Å². The van der Waals surface area contributed by atoms with Crippen LogP contribution in [-0.2, 0) is 19.3 Å². The molecular weight excluding hydrogens is 363 g/mol. The fourth-order valence-corrected chi connectivity index (χ4v) is 2.79. The average Bonchev–Trinajstić information content (AvgIpc) is 3.04. The Morgan fingerprint density at radius 1 is 1.41 bits per heavy atom. The quantitative estimate of drug-likeness (QED) is 0.848. The summed E-state index contributed by atoms with van der Waals surface area (Å²) < 4.78 is 39.6. The van der Waals surface area contributed by atoms with E-state index in [2.05, 4.69) is 20.9 Å². The van der Waals surface area contributed by atoms with E-state index >= 15 is 0 Å². The summed E-state index contributed by atoms with van der Waals surface area (Å²) in [5.74, 6) is -0.939. The molecule has 0 saturated carbocycles. The first kappa shape index (κ1) is 18.9. The van der Waals surface area contributed by atoms with Gasteiger partial charge in [-0.1, -0.05) is 31.2 Å². The van der Waals surface area contributed by atoms with E-state index in [-0.39, 0.29) is 35.5 Å². The SMILES string of the molecule is CC(C)[C@H]1Cn2nnc(C(=O)NCc3cccc(C(F)(F)F)c3)c2C(=O)N1. The van der Waals surface area contributed by atoms with E-state index in [1.165, 1.54) is 16.8 Å². The Morgan fingerprint density at radius 3 is 2.81 bits per heavy atom. The van der Waals surface area contributed by atoms with E-state index in [1.54, 1.807) is 0 Å². The topological polar surface area (TPSA) is 88.9 Å². The summed E-state index contributed by atoms with van der Waals surface area (Å²) in [5.41, 5.74) is -0.618. The normalized spacial score (nSPS) is 16.8. The van der Waals surface area contributed by atoms with Crippen LogP contribution in [0, 0.1) is 5.92 Å². The number of amides is 2. The van der Waals surface area contributed by atoms with E-state index in [1.807, 2.05) is 13.8 Å². The van der Waals surface area contributed by atoms with Gasteiger partial charge in [-0.3, -0.25) is 9.59 Å². The zero-order valence-electron chi connectivity index (χ0n) is 14.7. The maximum absolute atomic E-state index is 12.8. The van der Waals surface area contributed by atoms with Gasteiger partial charge in [-0.2, -0.15) is 13.2 Å². The number of alkyl halides is 3. The third-order valence-corrected chi connectivity index (χ3v) is 4.36. The molecule has 2 aromatic rings. The maximum Gasteiger partial charge on any atom is 0.416 e. The van der Waals surface area contributed by atoms with Crippen LogP contribution in [0.3, 0.4) is 0 Å². The zero-order valence-corrected chi connectivity index (χ0v) is 14.7. The molecule has 10 heteroatoms. The highest BCUT2D eigenvalue weighted by molar-refractivity contribution is 6.05. The fourth-order valence-electron chi connectivity index (χ4n) is 2.79. The van der Waals surface area contributed by atoms with Crippen molar-refractivity contribution in [2.45, 2.75) is 39.2 Å². The summed E-state index contributed by atoms with van der Waals surface area (Å²) in [7, 11) is 0. The van der Waals surface area contributed by atoms with Gasteiger partial charge in [0.05, 0.1) is 18.2 Å². The molecule has 1 aromatic heterocycles. The van der Waals surface area contributed by atoms with Crippen LogP contribution in [0.2, 0.25) is 0 Å². The Hall–Kier alpha value is -2.91. The van der Waals surface area contributed by atoms with Crippen LogP contribution in [0.25, 0.3) is 0 Å². The molecule has 3 rings (SSSR count). The van der Waals surface area contributed by atoms with Gasteiger partial charge in [0.25, 0.3) is 11.8 Å². The number of nitrogens with one attached hydrogen (secondary N) is 2. The number of fused-ring (bicyclic) bond motifs is 1. The Labute approximate surface area is 152 Å². The van der Waals surface area contributed by atoms with Crippen molar-refractivity contribution < 1.29 is 22.8 Å². The molecule has 0 saturated heterocycles. The molecule has 0 aliphatic carbocycles. The molecule has 144 valence electrons. The molecular formula is C17H18F3N5O2. The molecule has 1 aliphatic rings. The van der Waals surface area contributed by atoms with Crippen LogP contribution in [-0.4, -0.2) is 32.9 Å². The second-order valence-electron chi connectivity index (χ2n) is 6.67. The summed E-state index contributed by atoms with van der Waals surface area (Å²) in [6, 6.07) is 4.53. The van der Waals surface area contributed by atoms with Crippen LogP contribution < -0.4 is 10.6 Å². The Bertz CT molecular complexity index is 876. The van der Waals surface area contributed by atoms with Gasteiger partial charge in [-0.05, 0) is 23.6 Å². The first-order valence-electron chi connectivity index (χ1n) is 8.35. The van der Waals surface area contributed by atoms with Crippen LogP contribution in [0.1, 0.15) is 46.0 Å². The monoisotopic (exact) mass is 381 g/mol. The molecule has 27 heavy (non-hydrogen) atoms. The summed E-state index contributed by atoms with van der Waals surface area (Å²) in [5, 5.41) is 12.9. The molecule has 0 fully saturated rings. The third kappa shape index (κ3) is 3.93. The molecule has 0 radical (unpaired) electrons. The van der Waals surface area contributed by atoms with E-state index in [9.17, 15) is 22.8 Å². The van der Waals surface area contributed by atoms with Crippen molar-refractivity contribution in [3.8, 4) is 0 Å². The number of benzene rings is 1. The number of rotatable bonds is 4. The van der Waals surface area contributed by atoms with Crippen molar-refractivity contribution in [2.75, 3.05) is 0 Å². The smallest absolute Gasteiger partial charge is 0.346 e. The molecule has 2 amide bonds. The lowest BCUT2D eigenvalue weighted by molar-refractivity contribution is -0.137. The van der Waals surface area contributed by atoms with E-state index in [0.717, 1.165) is 12.1 Å². The number of hydrogen-bond donors (Lipinski definition) is 2. The molecule has 1 aromatic carbocycles. The number of hydrogen-bond acceptors (Lipinski definition) is 4. The van der Waals surface area contributed by atoms with Crippen molar-refractivity contribution in [1.82, 2.24) is 25.6 Å². The number of carbonyl (C=O) groups is 2. The van der Waals surface area contributed by atoms with Gasteiger partial charge in [-0.25, -0.2) is 4.68 Å². The van der Waals surface area contributed by atoms with Crippen molar-refractivity contribution in [2.24, 2.45) is 5.92 Å². The predicted molar refractivity (Wildman–Crippen MR) is 88.7 cm³/mol. The summed E-state index contributed by atoms with van der Waals surface area (Å²) in [6.45, 7) is 4.17. The van der Waals surface area contributed by atoms with E-state index in [4.69, 9.17) is 0 Å². The zero-order chi connectivity index (χ0) is 19.8. The predicted octanol–water partition coefficient (Wildman–Crippen LogP) is 1.99. The van der Waals surface area contributed by atoms with Crippen molar-refractivity contribution in [3.63, 3.8) is 0 Å². The Balaban J connectivity index is 1.73. The van der Waals surface area contributed by atoms with E-state index < -0.39 is 23.6 Å².